The first-order valence-electron chi connectivity index (χ1n) is 10.7. The summed E-state index contributed by atoms with van der Waals surface area (Å²) in [6, 6.07) is 20.5. The second-order valence-electron chi connectivity index (χ2n) is 7.33. The lowest BCUT2D eigenvalue weighted by Crippen LogP contribution is -2.06. The molecular formula is C27H30ClNO2. The molecule has 3 aromatic carbocycles. The molecule has 0 saturated heterocycles. The van der Waals surface area contributed by atoms with Gasteiger partial charge in [0.25, 0.3) is 0 Å². The predicted octanol–water partition coefficient (Wildman–Crippen LogP) is 7.22. The Bertz CT molecular complexity index is 999. The van der Waals surface area contributed by atoms with Gasteiger partial charge in [0.1, 0.15) is 6.61 Å². The number of aryl methyl sites for hydroxylation is 1. The van der Waals surface area contributed by atoms with Gasteiger partial charge in [0.05, 0.1) is 6.61 Å². The van der Waals surface area contributed by atoms with E-state index in [9.17, 15) is 0 Å². The van der Waals surface area contributed by atoms with Gasteiger partial charge in [-0.15, -0.1) is 6.58 Å². The normalized spacial score (nSPS) is 10.5. The van der Waals surface area contributed by atoms with Gasteiger partial charge in [-0.1, -0.05) is 48.9 Å². The minimum Gasteiger partial charge on any atom is -0.490 e. The van der Waals surface area contributed by atoms with Crippen LogP contribution in [0.2, 0.25) is 5.02 Å². The number of rotatable bonds is 11. The molecule has 0 heterocycles. The highest BCUT2D eigenvalue weighted by molar-refractivity contribution is 6.30. The average molecular weight is 436 g/mol. The summed E-state index contributed by atoms with van der Waals surface area (Å²) in [7, 11) is 0. The zero-order valence-corrected chi connectivity index (χ0v) is 19.0. The Balaban J connectivity index is 1.81. The molecule has 0 aliphatic rings. The van der Waals surface area contributed by atoms with E-state index in [1.54, 1.807) is 0 Å². The summed E-state index contributed by atoms with van der Waals surface area (Å²) in [6.07, 6.45) is 3.63. The number of ether oxygens (including phenoxy) is 2. The quantitative estimate of drug-likeness (QED) is 0.322. The highest BCUT2D eigenvalue weighted by Crippen LogP contribution is 2.35. The van der Waals surface area contributed by atoms with E-state index in [4.69, 9.17) is 21.1 Å². The Labute approximate surface area is 190 Å². The van der Waals surface area contributed by atoms with Crippen LogP contribution in [0.15, 0.2) is 73.3 Å². The third-order valence-electron chi connectivity index (χ3n) is 4.99. The van der Waals surface area contributed by atoms with Gasteiger partial charge in [0.15, 0.2) is 11.5 Å². The molecule has 3 nitrogen and oxygen atoms in total. The molecule has 4 heteroatoms. The van der Waals surface area contributed by atoms with Crippen molar-refractivity contribution in [1.82, 2.24) is 0 Å². The van der Waals surface area contributed by atoms with E-state index < -0.39 is 0 Å². The van der Waals surface area contributed by atoms with E-state index >= 15 is 0 Å². The number of allylic oxidation sites excluding steroid dienone is 1. The fourth-order valence-corrected chi connectivity index (χ4v) is 3.62. The van der Waals surface area contributed by atoms with Gasteiger partial charge in [-0.25, -0.2) is 0 Å². The number of benzene rings is 3. The minimum atomic E-state index is 0.423. The van der Waals surface area contributed by atoms with Crippen LogP contribution < -0.4 is 14.8 Å². The molecule has 0 fully saturated rings. The number of nitrogens with one attached hydrogen (secondary N) is 1. The maximum atomic E-state index is 6.21. The minimum absolute atomic E-state index is 0.423. The highest BCUT2D eigenvalue weighted by Gasteiger charge is 2.14. The van der Waals surface area contributed by atoms with Crippen molar-refractivity contribution in [3.63, 3.8) is 0 Å². The molecule has 0 bridgehead atoms. The van der Waals surface area contributed by atoms with Gasteiger partial charge in [0, 0.05) is 22.8 Å². The van der Waals surface area contributed by atoms with Crippen molar-refractivity contribution in [3.05, 3.63) is 101 Å². The standard InChI is InChI=1S/C27H30ClNO2/c1-4-8-23-15-22(18-29-25-13-11-20(5-2)12-14-25)17-26(30-6-3)27(23)31-19-21-9-7-10-24(28)16-21/h4,7,9-17,29H,1,5-6,8,18-19H2,2-3H3. The van der Waals surface area contributed by atoms with Gasteiger partial charge in [-0.3, -0.25) is 0 Å². The van der Waals surface area contributed by atoms with Gasteiger partial charge < -0.3 is 14.8 Å². The van der Waals surface area contributed by atoms with E-state index in [1.807, 2.05) is 37.3 Å². The van der Waals surface area contributed by atoms with Gasteiger partial charge in [0.2, 0.25) is 0 Å². The maximum Gasteiger partial charge on any atom is 0.165 e. The molecule has 0 amide bonds. The first-order chi connectivity index (χ1) is 15.1. The number of halogens is 1. The van der Waals surface area contributed by atoms with Gasteiger partial charge in [-0.05, 0) is 72.9 Å². The van der Waals surface area contributed by atoms with Crippen molar-refractivity contribution in [3.8, 4) is 11.5 Å². The summed E-state index contributed by atoms with van der Waals surface area (Å²) in [5.74, 6) is 1.51. The van der Waals surface area contributed by atoms with Crippen LogP contribution in [0.4, 0.5) is 5.69 Å². The second kappa shape index (κ2) is 11.5. The molecule has 31 heavy (non-hydrogen) atoms. The van der Waals surface area contributed by atoms with Crippen molar-refractivity contribution < 1.29 is 9.47 Å². The van der Waals surface area contributed by atoms with Crippen LogP contribution >= 0.6 is 11.6 Å². The molecule has 0 aromatic heterocycles. The molecule has 162 valence electrons. The van der Waals surface area contributed by atoms with E-state index in [0.717, 1.165) is 40.3 Å². The van der Waals surface area contributed by atoms with Gasteiger partial charge >= 0.3 is 0 Å². The molecule has 3 rings (SSSR count). The van der Waals surface area contributed by atoms with Crippen LogP contribution in [-0.4, -0.2) is 6.61 Å². The van der Waals surface area contributed by atoms with Gasteiger partial charge in [-0.2, -0.15) is 0 Å². The topological polar surface area (TPSA) is 30.5 Å². The number of anilines is 1. The molecule has 0 radical (unpaired) electrons. The Kier molecular flexibility index (Phi) is 8.43. The van der Waals surface area contributed by atoms with Crippen molar-refractivity contribution >= 4 is 17.3 Å². The maximum absolute atomic E-state index is 6.21. The zero-order valence-electron chi connectivity index (χ0n) is 18.3. The summed E-state index contributed by atoms with van der Waals surface area (Å²) < 4.78 is 12.2. The third-order valence-corrected chi connectivity index (χ3v) is 5.22. The summed E-state index contributed by atoms with van der Waals surface area (Å²) in [5.41, 5.74) is 5.64. The Morgan fingerprint density at radius 2 is 1.74 bits per heavy atom. The number of hydrogen-bond acceptors (Lipinski definition) is 3. The average Bonchev–Trinajstić information content (AvgIpc) is 2.78. The highest BCUT2D eigenvalue weighted by atomic mass is 35.5. The van der Waals surface area contributed by atoms with Crippen LogP contribution in [0.1, 0.15) is 36.1 Å². The molecule has 0 atom stereocenters. The second-order valence-corrected chi connectivity index (χ2v) is 7.77. The summed E-state index contributed by atoms with van der Waals surface area (Å²) >= 11 is 6.11. The fourth-order valence-electron chi connectivity index (χ4n) is 3.40. The van der Waals surface area contributed by atoms with Crippen molar-refractivity contribution in [2.45, 2.75) is 39.8 Å². The van der Waals surface area contributed by atoms with Crippen molar-refractivity contribution in [2.75, 3.05) is 11.9 Å². The van der Waals surface area contributed by atoms with Crippen LogP contribution in [0.5, 0.6) is 11.5 Å². The first-order valence-corrected chi connectivity index (χ1v) is 11.1. The fraction of sp³-hybridized carbons (Fsp3) is 0.259. The number of hydrogen-bond donors (Lipinski definition) is 1. The van der Waals surface area contributed by atoms with E-state index in [-0.39, 0.29) is 0 Å². The summed E-state index contributed by atoms with van der Waals surface area (Å²) in [4.78, 5) is 0. The van der Waals surface area contributed by atoms with E-state index in [0.29, 0.717) is 31.2 Å². The summed E-state index contributed by atoms with van der Waals surface area (Å²) in [6.45, 7) is 9.74. The molecule has 0 saturated carbocycles. The largest absolute Gasteiger partial charge is 0.490 e. The smallest absolute Gasteiger partial charge is 0.165 e. The zero-order chi connectivity index (χ0) is 22.1. The van der Waals surface area contributed by atoms with E-state index in [1.165, 1.54) is 5.56 Å². The molecule has 0 aliphatic heterocycles. The van der Waals surface area contributed by atoms with Crippen LogP contribution in [0.3, 0.4) is 0 Å². The van der Waals surface area contributed by atoms with Crippen LogP contribution in [-0.2, 0) is 26.0 Å². The monoisotopic (exact) mass is 435 g/mol. The van der Waals surface area contributed by atoms with Crippen molar-refractivity contribution in [1.29, 1.82) is 0 Å². The third kappa shape index (κ3) is 6.53. The molecule has 1 N–H and O–H groups in total. The molecule has 3 aromatic rings. The summed E-state index contributed by atoms with van der Waals surface area (Å²) in [5, 5.41) is 4.20. The molecular weight excluding hydrogens is 406 g/mol. The molecule has 0 spiro atoms. The Morgan fingerprint density at radius 1 is 0.935 bits per heavy atom. The van der Waals surface area contributed by atoms with E-state index in [2.05, 4.69) is 55.2 Å². The predicted molar refractivity (Wildman–Crippen MR) is 130 cm³/mol. The SMILES string of the molecule is C=CCc1cc(CNc2ccc(CC)cc2)cc(OCC)c1OCc1cccc(Cl)c1. The Hall–Kier alpha value is -2.91. The first kappa shape index (κ1) is 22.8. The molecule has 0 unspecified atom stereocenters. The van der Waals surface area contributed by atoms with Crippen molar-refractivity contribution in [2.24, 2.45) is 0 Å². The molecule has 0 aliphatic carbocycles. The van der Waals surface area contributed by atoms with Crippen LogP contribution in [0.25, 0.3) is 0 Å². The lowest BCUT2D eigenvalue weighted by molar-refractivity contribution is 0.267. The van der Waals surface area contributed by atoms with Crippen LogP contribution in [0, 0.1) is 0 Å². The lowest BCUT2D eigenvalue weighted by atomic mass is 10.0. The Morgan fingerprint density at radius 3 is 2.42 bits per heavy atom. The lowest BCUT2D eigenvalue weighted by Gasteiger charge is -2.18.